The highest BCUT2D eigenvalue weighted by atomic mass is 32.1. The molecule has 0 heterocycles. The number of carbonyl (C=O) groups excluding carboxylic acids is 1. The molecule has 0 spiro atoms. The van der Waals surface area contributed by atoms with E-state index in [9.17, 15) is 4.79 Å². The molecule has 0 aliphatic rings. The Hall–Kier alpha value is -1.82. The summed E-state index contributed by atoms with van der Waals surface area (Å²) in [6.07, 6.45) is 0. The van der Waals surface area contributed by atoms with Gasteiger partial charge in [0.15, 0.2) is 0 Å². The minimum Gasteiger partial charge on any atom is -0.497 e. The molecule has 6 heteroatoms. The van der Waals surface area contributed by atoms with Crippen LogP contribution in [0.25, 0.3) is 0 Å². The van der Waals surface area contributed by atoms with Gasteiger partial charge < -0.3 is 20.1 Å². The maximum Gasteiger partial charge on any atom is 0.257 e. The summed E-state index contributed by atoms with van der Waals surface area (Å²) in [6, 6.07) is 5.08. The van der Waals surface area contributed by atoms with Crippen LogP contribution in [0, 0.1) is 5.92 Å². The van der Waals surface area contributed by atoms with Gasteiger partial charge >= 0.3 is 0 Å². The summed E-state index contributed by atoms with van der Waals surface area (Å²) in [5, 5.41) is 0. The van der Waals surface area contributed by atoms with Crippen molar-refractivity contribution in [2.24, 2.45) is 11.7 Å². The Labute approximate surface area is 124 Å². The topological polar surface area (TPSA) is 64.8 Å². The number of amides is 1. The van der Waals surface area contributed by atoms with Gasteiger partial charge in [0.2, 0.25) is 0 Å². The number of nitrogens with zero attached hydrogens (tertiary/aromatic N) is 1. The Morgan fingerprint density at radius 1 is 1.40 bits per heavy atom. The monoisotopic (exact) mass is 296 g/mol. The van der Waals surface area contributed by atoms with Gasteiger partial charge in [0.05, 0.1) is 24.8 Å². The van der Waals surface area contributed by atoms with Crippen LogP contribution in [0.5, 0.6) is 11.5 Å². The summed E-state index contributed by atoms with van der Waals surface area (Å²) >= 11 is 4.92. The number of hydrogen-bond donors (Lipinski definition) is 1. The number of methoxy groups -OCH3 is 2. The van der Waals surface area contributed by atoms with Crippen LogP contribution in [0.2, 0.25) is 0 Å². The highest BCUT2D eigenvalue weighted by Crippen LogP contribution is 2.25. The minimum absolute atomic E-state index is 0.0387. The molecule has 1 unspecified atom stereocenters. The summed E-state index contributed by atoms with van der Waals surface area (Å²) in [7, 11) is 4.79. The predicted molar refractivity (Wildman–Crippen MR) is 82.5 cm³/mol. The Bertz CT molecular complexity index is 505. The second-order valence-electron chi connectivity index (χ2n) is 4.56. The van der Waals surface area contributed by atoms with Crippen LogP contribution in [0.4, 0.5) is 0 Å². The molecule has 0 aliphatic carbocycles. The SMILES string of the molecule is COc1ccc(C(=O)N(C)CC(C)C(N)=S)c(OC)c1. The average Bonchev–Trinajstić information content (AvgIpc) is 2.45. The normalized spacial score (nSPS) is 11.6. The lowest BCUT2D eigenvalue weighted by atomic mass is 10.1. The third-order valence-corrected chi connectivity index (χ3v) is 3.42. The first-order valence-electron chi connectivity index (χ1n) is 6.17. The molecule has 20 heavy (non-hydrogen) atoms. The van der Waals surface area contributed by atoms with Gasteiger partial charge in [-0.3, -0.25) is 4.79 Å². The van der Waals surface area contributed by atoms with Gasteiger partial charge in [-0.05, 0) is 12.1 Å². The lowest BCUT2D eigenvalue weighted by molar-refractivity contribution is 0.0783. The van der Waals surface area contributed by atoms with Gasteiger partial charge in [-0.25, -0.2) is 0 Å². The van der Waals surface area contributed by atoms with Crippen molar-refractivity contribution in [3.63, 3.8) is 0 Å². The molecule has 1 aromatic carbocycles. The molecule has 1 aromatic rings. The van der Waals surface area contributed by atoms with Gasteiger partial charge in [-0.1, -0.05) is 19.1 Å². The zero-order valence-electron chi connectivity index (χ0n) is 12.2. The Kier molecular flexibility index (Phi) is 5.76. The standard InChI is InChI=1S/C14H20N2O3S/c1-9(13(15)20)8-16(2)14(17)11-6-5-10(18-3)7-12(11)19-4/h5-7,9H,8H2,1-4H3,(H2,15,20). The maximum atomic E-state index is 12.4. The molecule has 0 saturated carbocycles. The van der Waals surface area contributed by atoms with E-state index in [1.54, 1.807) is 37.3 Å². The summed E-state index contributed by atoms with van der Waals surface area (Å²) in [4.78, 5) is 14.4. The second kappa shape index (κ2) is 7.09. The van der Waals surface area contributed by atoms with Gasteiger partial charge in [0, 0.05) is 25.6 Å². The number of benzene rings is 1. The van der Waals surface area contributed by atoms with E-state index in [4.69, 9.17) is 27.4 Å². The molecule has 2 N–H and O–H groups in total. The van der Waals surface area contributed by atoms with Crippen molar-refractivity contribution < 1.29 is 14.3 Å². The molecule has 0 aromatic heterocycles. The van der Waals surface area contributed by atoms with Gasteiger partial charge in [-0.15, -0.1) is 0 Å². The van der Waals surface area contributed by atoms with Gasteiger partial charge in [-0.2, -0.15) is 0 Å². The van der Waals surface area contributed by atoms with Crippen molar-refractivity contribution in [1.29, 1.82) is 0 Å². The van der Waals surface area contributed by atoms with E-state index in [1.165, 1.54) is 7.11 Å². The van der Waals surface area contributed by atoms with Crippen molar-refractivity contribution in [3.8, 4) is 11.5 Å². The Morgan fingerprint density at radius 3 is 2.55 bits per heavy atom. The molecule has 0 bridgehead atoms. The van der Waals surface area contributed by atoms with E-state index in [0.29, 0.717) is 28.6 Å². The summed E-state index contributed by atoms with van der Waals surface area (Å²) in [6.45, 7) is 2.35. The van der Waals surface area contributed by atoms with E-state index in [2.05, 4.69) is 0 Å². The average molecular weight is 296 g/mol. The largest absolute Gasteiger partial charge is 0.497 e. The molecule has 0 radical (unpaired) electrons. The van der Waals surface area contributed by atoms with Crippen LogP contribution in [0.1, 0.15) is 17.3 Å². The fourth-order valence-electron chi connectivity index (χ4n) is 1.76. The van der Waals surface area contributed by atoms with Crippen molar-refractivity contribution in [2.45, 2.75) is 6.92 Å². The molecule has 0 fully saturated rings. The zero-order valence-corrected chi connectivity index (χ0v) is 13.0. The molecule has 0 aliphatic heterocycles. The molecule has 1 atom stereocenters. The molecule has 110 valence electrons. The Morgan fingerprint density at radius 2 is 2.05 bits per heavy atom. The second-order valence-corrected chi connectivity index (χ2v) is 5.03. The first kappa shape index (κ1) is 16.2. The lowest BCUT2D eigenvalue weighted by Crippen LogP contribution is -2.35. The summed E-state index contributed by atoms with van der Waals surface area (Å²) in [5.74, 6) is 0.928. The van der Waals surface area contributed by atoms with Crippen LogP contribution >= 0.6 is 12.2 Å². The van der Waals surface area contributed by atoms with E-state index in [1.807, 2.05) is 6.92 Å². The van der Waals surface area contributed by atoms with Crippen LogP contribution < -0.4 is 15.2 Å². The van der Waals surface area contributed by atoms with Crippen molar-refractivity contribution in [1.82, 2.24) is 4.90 Å². The molecule has 5 nitrogen and oxygen atoms in total. The van der Waals surface area contributed by atoms with E-state index in [-0.39, 0.29) is 11.8 Å². The fourth-order valence-corrected chi connectivity index (χ4v) is 1.84. The van der Waals surface area contributed by atoms with E-state index in [0.717, 1.165) is 0 Å². The molecule has 1 rings (SSSR count). The van der Waals surface area contributed by atoms with Crippen molar-refractivity contribution >= 4 is 23.1 Å². The predicted octanol–water partition coefficient (Wildman–Crippen LogP) is 1.70. The van der Waals surface area contributed by atoms with Gasteiger partial charge in [0.25, 0.3) is 5.91 Å². The smallest absolute Gasteiger partial charge is 0.257 e. The van der Waals surface area contributed by atoms with E-state index >= 15 is 0 Å². The van der Waals surface area contributed by atoms with E-state index < -0.39 is 0 Å². The molecule has 0 saturated heterocycles. The minimum atomic E-state index is -0.146. The third kappa shape index (κ3) is 3.84. The highest BCUT2D eigenvalue weighted by Gasteiger charge is 2.19. The van der Waals surface area contributed by atoms with Crippen molar-refractivity contribution in [2.75, 3.05) is 27.8 Å². The number of thiocarbonyl (C=S) groups is 1. The van der Waals surface area contributed by atoms with Crippen molar-refractivity contribution in [3.05, 3.63) is 23.8 Å². The number of rotatable bonds is 6. The number of carbonyl (C=O) groups is 1. The van der Waals surface area contributed by atoms with Crippen LogP contribution in [-0.2, 0) is 0 Å². The first-order chi connectivity index (χ1) is 9.40. The molecular formula is C14H20N2O3S. The molecule has 1 amide bonds. The lowest BCUT2D eigenvalue weighted by Gasteiger charge is -2.22. The Balaban J connectivity index is 2.93. The number of ether oxygens (including phenoxy) is 2. The van der Waals surface area contributed by atoms with Crippen LogP contribution in [0.3, 0.4) is 0 Å². The van der Waals surface area contributed by atoms with Crippen LogP contribution in [0.15, 0.2) is 18.2 Å². The summed E-state index contributed by atoms with van der Waals surface area (Å²) < 4.78 is 10.3. The third-order valence-electron chi connectivity index (χ3n) is 3.02. The van der Waals surface area contributed by atoms with Gasteiger partial charge in [0.1, 0.15) is 11.5 Å². The van der Waals surface area contributed by atoms with Crippen LogP contribution in [-0.4, -0.2) is 43.6 Å². The maximum absolute atomic E-state index is 12.4. The quantitative estimate of drug-likeness (QED) is 0.809. The zero-order chi connectivity index (χ0) is 15.3. The molecular weight excluding hydrogens is 276 g/mol. The summed E-state index contributed by atoms with van der Waals surface area (Å²) in [5.41, 5.74) is 6.05. The first-order valence-corrected chi connectivity index (χ1v) is 6.58. The highest BCUT2D eigenvalue weighted by molar-refractivity contribution is 7.80. The number of hydrogen-bond acceptors (Lipinski definition) is 4. The number of nitrogens with two attached hydrogens (primary N) is 1. The fraction of sp³-hybridized carbons (Fsp3) is 0.429.